The predicted octanol–water partition coefficient (Wildman–Crippen LogP) is 1.55. The highest BCUT2D eigenvalue weighted by Crippen LogP contribution is 2.22. The molecule has 0 fully saturated rings. The van der Waals surface area contributed by atoms with Crippen LogP contribution in [0.1, 0.15) is 5.56 Å². The van der Waals surface area contributed by atoms with Crippen molar-refractivity contribution in [2.45, 2.75) is 12.9 Å². The van der Waals surface area contributed by atoms with E-state index in [1.807, 2.05) is 0 Å². The van der Waals surface area contributed by atoms with Crippen molar-refractivity contribution in [1.29, 1.82) is 0 Å². The van der Waals surface area contributed by atoms with Gasteiger partial charge in [0.25, 0.3) is 0 Å². The molecule has 0 saturated heterocycles. The molecule has 0 bridgehead atoms. The summed E-state index contributed by atoms with van der Waals surface area (Å²) in [5.41, 5.74) is 3.17. The number of hydrogen-bond acceptors (Lipinski definition) is 3. The molecule has 1 aromatic rings. The van der Waals surface area contributed by atoms with Crippen molar-refractivity contribution >= 4 is 0 Å². The molecule has 0 aliphatic rings. The Bertz CT molecular complexity index is 284. The molecule has 0 spiro atoms. The van der Waals surface area contributed by atoms with Crippen LogP contribution in [0.4, 0.5) is 13.2 Å². The fourth-order valence-corrected chi connectivity index (χ4v) is 0.927. The first-order chi connectivity index (χ1) is 6.51. The molecule has 0 amide bonds. The first kappa shape index (κ1) is 10.8. The molecular formula is C8H9F3N2O. The Kier molecular flexibility index (Phi) is 3.32. The maximum Gasteiger partial charge on any atom is 0.573 e. The highest BCUT2D eigenvalue weighted by atomic mass is 19.4. The maximum absolute atomic E-state index is 11.7. The lowest BCUT2D eigenvalue weighted by molar-refractivity contribution is -0.274. The van der Waals surface area contributed by atoms with Gasteiger partial charge in [0.05, 0.1) is 0 Å². The number of hydrogen-bond donors (Lipinski definition) is 2. The van der Waals surface area contributed by atoms with E-state index in [4.69, 9.17) is 5.84 Å². The van der Waals surface area contributed by atoms with Crippen LogP contribution in [0.25, 0.3) is 0 Å². The van der Waals surface area contributed by atoms with Crippen molar-refractivity contribution in [3.8, 4) is 5.75 Å². The van der Waals surface area contributed by atoms with Crippen LogP contribution in [-0.4, -0.2) is 6.36 Å². The fraction of sp³-hybridized carbons (Fsp3) is 0.250. The second kappa shape index (κ2) is 4.30. The molecule has 14 heavy (non-hydrogen) atoms. The number of nitrogens with two attached hydrogens (primary N) is 1. The minimum atomic E-state index is -4.65. The average molecular weight is 206 g/mol. The zero-order valence-corrected chi connectivity index (χ0v) is 7.14. The first-order valence-corrected chi connectivity index (χ1v) is 3.79. The van der Waals surface area contributed by atoms with E-state index in [0.717, 1.165) is 5.56 Å². The van der Waals surface area contributed by atoms with Crippen molar-refractivity contribution in [1.82, 2.24) is 5.43 Å². The molecule has 0 saturated carbocycles. The summed E-state index contributed by atoms with van der Waals surface area (Å²) in [6.07, 6.45) is -4.65. The summed E-state index contributed by atoms with van der Waals surface area (Å²) >= 11 is 0. The van der Waals surface area contributed by atoms with Gasteiger partial charge in [-0.1, -0.05) is 12.1 Å². The van der Waals surface area contributed by atoms with Crippen molar-refractivity contribution in [3.63, 3.8) is 0 Å². The Morgan fingerprint density at radius 1 is 1.21 bits per heavy atom. The predicted molar refractivity (Wildman–Crippen MR) is 44.2 cm³/mol. The summed E-state index contributed by atoms with van der Waals surface area (Å²) in [5, 5.41) is 0. The van der Waals surface area contributed by atoms with Crippen LogP contribution in [0, 0.1) is 0 Å². The van der Waals surface area contributed by atoms with Gasteiger partial charge in [0.1, 0.15) is 5.75 Å². The van der Waals surface area contributed by atoms with Gasteiger partial charge in [-0.3, -0.25) is 11.3 Å². The van der Waals surface area contributed by atoms with E-state index in [-0.39, 0.29) is 5.75 Å². The Morgan fingerprint density at radius 2 is 1.79 bits per heavy atom. The lowest BCUT2D eigenvalue weighted by Gasteiger charge is -2.08. The summed E-state index contributed by atoms with van der Waals surface area (Å²) in [6, 6.07) is 5.47. The van der Waals surface area contributed by atoms with Gasteiger partial charge in [-0.25, -0.2) is 0 Å². The van der Waals surface area contributed by atoms with E-state index in [0.29, 0.717) is 6.54 Å². The molecule has 0 radical (unpaired) electrons. The van der Waals surface area contributed by atoms with Gasteiger partial charge >= 0.3 is 6.36 Å². The molecule has 78 valence electrons. The number of rotatable bonds is 3. The van der Waals surface area contributed by atoms with Crippen LogP contribution in [-0.2, 0) is 6.54 Å². The minimum Gasteiger partial charge on any atom is -0.406 e. The Labute approximate surface area is 78.6 Å². The molecule has 0 aliphatic carbocycles. The summed E-state index contributed by atoms with van der Waals surface area (Å²) in [5.74, 6) is 4.80. The smallest absolute Gasteiger partial charge is 0.406 e. The lowest BCUT2D eigenvalue weighted by atomic mass is 10.2. The Balaban J connectivity index is 2.64. The molecule has 3 N–H and O–H groups in total. The van der Waals surface area contributed by atoms with Gasteiger partial charge in [0, 0.05) is 6.54 Å². The molecule has 1 rings (SSSR count). The first-order valence-electron chi connectivity index (χ1n) is 3.79. The lowest BCUT2D eigenvalue weighted by Crippen LogP contribution is -2.21. The molecule has 0 aromatic heterocycles. The molecule has 6 heteroatoms. The van der Waals surface area contributed by atoms with Crippen LogP contribution < -0.4 is 16.0 Å². The topological polar surface area (TPSA) is 47.3 Å². The van der Waals surface area contributed by atoms with Crippen molar-refractivity contribution < 1.29 is 17.9 Å². The molecule has 1 aromatic carbocycles. The number of ether oxygens (including phenoxy) is 1. The third kappa shape index (κ3) is 3.63. The van der Waals surface area contributed by atoms with Crippen LogP contribution >= 0.6 is 0 Å². The number of alkyl halides is 3. The van der Waals surface area contributed by atoms with Crippen molar-refractivity contribution in [3.05, 3.63) is 29.8 Å². The molecule has 0 aliphatic heterocycles. The largest absolute Gasteiger partial charge is 0.573 e. The average Bonchev–Trinajstić information content (AvgIpc) is 2.06. The number of halogens is 3. The van der Waals surface area contributed by atoms with Gasteiger partial charge in [0.2, 0.25) is 0 Å². The van der Waals surface area contributed by atoms with E-state index in [1.54, 1.807) is 0 Å². The van der Waals surface area contributed by atoms with E-state index < -0.39 is 6.36 Å². The summed E-state index contributed by atoms with van der Waals surface area (Å²) in [7, 11) is 0. The quantitative estimate of drug-likeness (QED) is 0.582. The standard InChI is InChI=1S/C8H9F3N2O/c9-8(10,11)14-7-3-1-6(2-4-7)5-13-12/h1-4,13H,5,12H2. The van der Waals surface area contributed by atoms with Gasteiger partial charge in [-0.15, -0.1) is 13.2 Å². The highest BCUT2D eigenvalue weighted by molar-refractivity contribution is 5.27. The third-order valence-corrected chi connectivity index (χ3v) is 1.46. The number of benzene rings is 1. The van der Waals surface area contributed by atoms with E-state index >= 15 is 0 Å². The molecular weight excluding hydrogens is 197 g/mol. The second-order valence-electron chi connectivity index (χ2n) is 2.57. The Morgan fingerprint density at radius 3 is 2.21 bits per heavy atom. The van der Waals surface area contributed by atoms with E-state index in [2.05, 4.69) is 10.2 Å². The van der Waals surface area contributed by atoms with Gasteiger partial charge in [0.15, 0.2) is 0 Å². The SMILES string of the molecule is NNCc1ccc(OC(F)(F)F)cc1. The summed E-state index contributed by atoms with van der Waals surface area (Å²) in [4.78, 5) is 0. The second-order valence-corrected chi connectivity index (χ2v) is 2.57. The number of hydrazine groups is 1. The summed E-state index contributed by atoms with van der Waals surface area (Å²) < 4.78 is 38.9. The molecule has 3 nitrogen and oxygen atoms in total. The third-order valence-electron chi connectivity index (χ3n) is 1.46. The molecule has 0 unspecified atom stereocenters. The van der Waals surface area contributed by atoms with Crippen LogP contribution in [0.5, 0.6) is 5.75 Å². The van der Waals surface area contributed by atoms with E-state index in [9.17, 15) is 13.2 Å². The zero-order chi connectivity index (χ0) is 10.6. The molecule has 0 atom stereocenters. The van der Waals surface area contributed by atoms with Crippen LogP contribution in [0.2, 0.25) is 0 Å². The fourth-order valence-electron chi connectivity index (χ4n) is 0.927. The number of nitrogens with one attached hydrogen (secondary N) is 1. The van der Waals surface area contributed by atoms with Crippen molar-refractivity contribution in [2.24, 2.45) is 5.84 Å². The normalized spacial score (nSPS) is 11.4. The van der Waals surface area contributed by atoms with Gasteiger partial charge in [-0.05, 0) is 17.7 Å². The highest BCUT2D eigenvalue weighted by Gasteiger charge is 2.30. The maximum atomic E-state index is 11.7. The Hall–Kier alpha value is -1.27. The minimum absolute atomic E-state index is 0.238. The van der Waals surface area contributed by atoms with Crippen molar-refractivity contribution in [2.75, 3.05) is 0 Å². The van der Waals surface area contributed by atoms with Gasteiger partial charge < -0.3 is 4.74 Å². The summed E-state index contributed by atoms with van der Waals surface area (Å²) in [6.45, 7) is 0.395. The van der Waals surface area contributed by atoms with Gasteiger partial charge in [-0.2, -0.15) is 0 Å². The zero-order valence-electron chi connectivity index (χ0n) is 7.14. The molecule has 0 heterocycles. The monoisotopic (exact) mass is 206 g/mol. The van der Waals surface area contributed by atoms with E-state index in [1.165, 1.54) is 24.3 Å². The van der Waals surface area contributed by atoms with Crippen LogP contribution in [0.15, 0.2) is 24.3 Å². The van der Waals surface area contributed by atoms with Crippen LogP contribution in [0.3, 0.4) is 0 Å².